The summed E-state index contributed by atoms with van der Waals surface area (Å²) in [5.41, 5.74) is -2.36. The first-order valence-corrected chi connectivity index (χ1v) is 8.57. The van der Waals surface area contributed by atoms with Crippen LogP contribution in [0.4, 0.5) is 22.0 Å². The Kier molecular flexibility index (Phi) is 4.34. The van der Waals surface area contributed by atoms with E-state index in [0.717, 1.165) is 45.6 Å². The second-order valence-corrected chi connectivity index (χ2v) is 6.75. The molecule has 0 aliphatic carbocycles. The molecule has 0 radical (unpaired) electrons. The number of aromatic nitrogens is 3. The molecule has 4 rings (SSSR count). The Morgan fingerprint density at radius 3 is 2.34 bits per heavy atom. The highest BCUT2D eigenvalue weighted by Crippen LogP contribution is 2.48. The van der Waals surface area contributed by atoms with Crippen LogP contribution in [0.25, 0.3) is 5.69 Å². The van der Waals surface area contributed by atoms with Crippen molar-refractivity contribution in [2.45, 2.75) is 24.7 Å². The number of benzene rings is 2. The zero-order valence-corrected chi connectivity index (χ0v) is 15.0. The molecule has 0 saturated carbocycles. The maximum Gasteiger partial charge on any atom is 0.416 e. The average Bonchev–Trinajstić information content (AvgIpc) is 3.37. The molecule has 0 spiro atoms. The van der Waals surface area contributed by atoms with Crippen LogP contribution in [0.15, 0.2) is 53.6 Å². The van der Waals surface area contributed by atoms with Crippen molar-refractivity contribution in [3.05, 3.63) is 82.0 Å². The lowest BCUT2D eigenvalue weighted by molar-refractivity contribution is -0.137. The van der Waals surface area contributed by atoms with Crippen LogP contribution in [-0.4, -0.2) is 21.0 Å². The van der Waals surface area contributed by atoms with E-state index in [9.17, 15) is 26.7 Å². The summed E-state index contributed by atoms with van der Waals surface area (Å²) in [4.78, 5) is 12.8. The fraction of sp³-hybridized carbons (Fsp3) is 0.263. The molecule has 0 bridgehead atoms. The van der Waals surface area contributed by atoms with Crippen LogP contribution in [0.5, 0.6) is 0 Å². The van der Waals surface area contributed by atoms with Crippen LogP contribution in [0.3, 0.4) is 0 Å². The Morgan fingerprint density at radius 2 is 1.79 bits per heavy atom. The van der Waals surface area contributed by atoms with Gasteiger partial charge in [-0.3, -0.25) is 0 Å². The van der Waals surface area contributed by atoms with E-state index in [0.29, 0.717) is 0 Å². The van der Waals surface area contributed by atoms with Gasteiger partial charge in [0.15, 0.2) is 0 Å². The Bertz CT molecular complexity index is 1110. The van der Waals surface area contributed by atoms with Gasteiger partial charge in [-0.2, -0.15) is 18.3 Å². The van der Waals surface area contributed by atoms with Crippen LogP contribution in [0.2, 0.25) is 0 Å². The van der Waals surface area contributed by atoms with E-state index in [1.54, 1.807) is 6.92 Å². The van der Waals surface area contributed by atoms with Crippen molar-refractivity contribution in [1.29, 1.82) is 0 Å². The zero-order valence-electron chi connectivity index (χ0n) is 15.0. The van der Waals surface area contributed by atoms with Crippen molar-refractivity contribution in [3.63, 3.8) is 0 Å². The highest BCUT2D eigenvalue weighted by Gasteiger charge is 2.54. The van der Waals surface area contributed by atoms with Gasteiger partial charge in [0.1, 0.15) is 23.6 Å². The molecule has 1 aliphatic heterocycles. The maximum absolute atomic E-state index is 14.2. The van der Waals surface area contributed by atoms with E-state index in [4.69, 9.17) is 4.74 Å². The standard InChI is InChI=1S/C19H14F5N3O2/c1-11(18(9-29-18)15-7-4-13(20)8-16(15)21)27-17(28)26(10-25-27)14-5-2-12(3-6-14)19(22,23)24/h2-8,10-11H,9H2,1H3/t11-,18+/m1/s1. The van der Waals surface area contributed by atoms with Crippen LogP contribution in [0, 0.1) is 11.6 Å². The fourth-order valence-electron chi connectivity index (χ4n) is 3.30. The van der Waals surface area contributed by atoms with Gasteiger partial charge in [0.25, 0.3) is 0 Å². The van der Waals surface area contributed by atoms with Gasteiger partial charge in [-0.1, -0.05) is 6.07 Å². The molecule has 10 heteroatoms. The molecule has 0 unspecified atom stereocenters. The highest BCUT2D eigenvalue weighted by atomic mass is 19.4. The molecule has 5 nitrogen and oxygen atoms in total. The lowest BCUT2D eigenvalue weighted by Crippen LogP contribution is -2.34. The second kappa shape index (κ2) is 6.51. The van der Waals surface area contributed by atoms with Crippen LogP contribution in [0.1, 0.15) is 24.1 Å². The summed E-state index contributed by atoms with van der Waals surface area (Å²) >= 11 is 0. The van der Waals surface area contributed by atoms with Crippen molar-refractivity contribution >= 4 is 0 Å². The van der Waals surface area contributed by atoms with Gasteiger partial charge in [0.05, 0.1) is 23.9 Å². The number of ether oxygens (including phenoxy) is 1. The molecule has 1 saturated heterocycles. The van der Waals surface area contributed by atoms with Crippen molar-refractivity contribution < 1.29 is 26.7 Å². The van der Waals surface area contributed by atoms with Gasteiger partial charge >= 0.3 is 11.9 Å². The van der Waals surface area contributed by atoms with E-state index in [-0.39, 0.29) is 17.9 Å². The summed E-state index contributed by atoms with van der Waals surface area (Å²) in [6.07, 6.45) is -3.32. The number of alkyl halides is 3. The van der Waals surface area contributed by atoms with Gasteiger partial charge < -0.3 is 4.74 Å². The third-order valence-electron chi connectivity index (χ3n) is 5.05. The van der Waals surface area contributed by atoms with Crippen LogP contribution in [-0.2, 0) is 16.5 Å². The summed E-state index contributed by atoms with van der Waals surface area (Å²) in [7, 11) is 0. The minimum atomic E-state index is -4.49. The van der Waals surface area contributed by atoms with E-state index in [1.807, 2.05) is 0 Å². The van der Waals surface area contributed by atoms with Crippen molar-refractivity contribution in [1.82, 2.24) is 14.3 Å². The number of hydrogen-bond donors (Lipinski definition) is 0. The predicted molar refractivity (Wildman–Crippen MR) is 91.5 cm³/mol. The van der Waals surface area contributed by atoms with Crippen molar-refractivity contribution in [2.75, 3.05) is 6.61 Å². The summed E-state index contributed by atoms with van der Waals surface area (Å²) in [6.45, 7) is 1.71. The second-order valence-electron chi connectivity index (χ2n) is 6.75. The fourth-order valence-corrected chi connectivity index (χ4v) is 3.30. The third-order valence-corrected chi connectivity index (χ3v) is 5.05. The molecule has 3 aromatic rings. The number of halogens is 5. The molecule has 0 amide bonds. The van der Waals surface area contributed by atoms with E-state index < -0.39 is 40.7 Å². The Balaban J connectivity index is 1.67. The first kappa shape index (κ1) is 19.3. The maximum atomic E-state index is 14.2. The topological polar surface area (TPSA) is 52.4 Å². The largest absolute Gasteiger partial charge is 0.416 e. The van der Waals surface area contributed by atoms with E-state index >= 15 is 0 Å². The van der Waals surface area contributed by atoms with Crippen molar-refractivity contribution in [2.24, 2.45) is 0 Å². The van der Waals surface area contributed by atoms with E-state index in [1.165, 1.54) is 12.4 Å². The molecule has 2 heterocycles. The summed E-state index contributed by atoms with van der Waals surface area (Å²) in [6, 6.07) is 6.38. The van der Waals surface area contributed by atoms with E-state index in [2.05, 4.69) is 5.10 Å². The number of hydrogen-bond acceptors (Lipinski definition) is 3. The third kappa shape index (κ3) is 3.23. The molecule has 1 aliphatic rings. The predicted octanol–water partition coefficient (Wildman–Crippen LogP) is 3.82. The molecule has 2 aromatic carbocycles. The number of rotatable bonds is 4. The summed E-state index contributed by atoms with van der Waals surface area (Å²) in [5, 5.41) is 4.01. The van der Waals surface area contributed by atoms with Gasteiger partial charge in [0.2, 0.25) is 0 Å². The Hall–Kier alpha value is -3.01. The molecule has 1 aromatic heterocycles. The molecule has 0 N–H and O–H groups in total. The lowest BCUT2D eigenvalue weighted by atomic mass is 9.92. The van der Waals surface area contributed by atoms with Gasteiger partial charge in [-0.05, 0) is 37.3 Å². The van der Waals surface area contributed by atoms with Gasteiger partial charge in [0, 0.05) is 11.6 Å². The smallest absolute Gasteiger partial charge is 0.362 e. The van der Waals surface area contributed by atoms with Crippen molar-refractivity contribution in [3.8, 4) is 5.69 Å². The van der Waals surface area contributed by atoms with Crippen LogP contribution >= 0.6 is 0 Å². The molecule has 2 atom stereocenters. The zero-order chi connectivity index (χ0) is 21.0. The van der Waals surface area contributed by atoms with Crippen LogP contribution < -0.4 is 5.69 Å². The molecular weight excluding hydrogens is 397 g/mol. The number of nitrogens with zero attached hydrogens (tertiary/aromatic N) is 3. The Morgan fingerprint density at radius 1 is 1.14 bits per heavy atom. The van der Waals surface area contributed by atoms with Gasteiger partial charge in [-0.15, -0.1) is 0 Å². The first-order valence-electron chi connectivity index (χ1n) is 8.57. The van der Waals surface area contributed by atoms with Gasteiger partial charge in [-0.25, -0.2) is 22.8 Å². The first-order chi connectivity index (χ1) is 13.6. The minimum Gasteiger partial charge on any atom is -0.362 e. The molecule has 29 heavy (non-hydrogen) atoms. The number of epoxide rings is 1. The molecule has 152 valence electrons. The minimum absolute atomic E-state index is 0.0994. The monoisotopic (exact) mass is 411 g/mol. The molecular formula is C19H14F5N3O2. The summed E-state index contributed by atoms with van der Waals surface area (Å²) in [5.74, 6) is -1.54. The molecule has 1 fully saturated rings. The highest BCUT2D eigenvalue weighted by molar-refractivity contribution is 5.35. The quantitative estimate of drug-likeness (QED) is 0.485. The summed E-state index contributed by atoms with van der Waals surface area (Å²) < 4.78 is 73.2. The Labute approximate surface area is 161 Å². The SMILES string of the molecule is C[C@@H](n1ncn(-c2ccc(C(F)(F)F)cc2)c1=O)[C@]1(c2ccc(F)cc2F)CO1. The normalized spacial score (nSPS) is 19.9. The lowest BCUT2D eigenvalue weighted by Gasteiger charge is -2.20. The average molecular weight is 411 g/mol.